The number of nitrogens with one attached hydrogen (secondary N) is 1. The van der Waals surface area contributed by atoms with E-state index in [-0.39, 0.29) is 16.5 Å². The minimum atomic E-state index is -3.30. The summed E-state index contributed by atoms with van der Waals surface area (Å²) >= 11 is 1.13. The second kappa shape index (κ2) is 4.45. The Morgan fingerprint density at radius 1 is 1.53 bits per heavy atom. The number of hydrogen-bond donors (Lipinski definition) is 2. The maximum atomic E-state index is 11.9. The Morgan fingerprint density at radius 3 is 2.71 bits per heavy atom. The fraction of sp³-hybridized carbons (Fsp3) is 0.700. The molecule has 0 spiro atoms. The van der Waals surface area contributed by atoms with Gasteiger partial charge >= 0.3 is 0 Å². The van der Waals surface area contributed by atoms with Gasteiger partial charge in [-0.25, -0.2) is 8.42 Å². The number of rotatable bonds is 4. The Morgan fingerprint density at radius 2 is 2.18 bits per heavy atom. The van der Waals surface area contributed by atoms with Crippen molar-refractivity contribution in [1.82, 2.24) is 4.37 Å². The van der Waals surface area contributed by atoms with Crippen LogP contribution in [0.15, 0.2) is 4.90 Å². The van der Waals surface area contributed by atoms with Gasteiger partial charge < -0.3 is 11.1 Å². The minimum Gasteiger partial charge on any atom is -0.382 e. The van der Waals surface area contributed by atoms with E-state index in [0.29, 0.717) is 17.0 Å². The highest BCUT2D eigenvalue weighted by Crippen LogP contribution is 2.36. The lowest BCUT2D eigenvalue weighted by Crippen LogP contribution is -2.33. The van der Waals surface area contributed by atoms with Gasteiger partial charge in [-0.05, 0) is 30.3 Å². The number of sulfone groups is 1. The number of nitrogen functional groups attached to an aromatic ring is 1. The molecule has 7 heteroatoms. The highest BCUT2D eigenvalue weighted by Gasteiger charge is 2.29. The quantitative estimate of drug-likeness (QED) is 0.874. The predicted molar refractivity (Wildman–Crippen MR) is 70.1 cm³/mol. The average molecular weight is 275 g/mol. The zero-order valence-electron chi connectivity index (χ0n) is 9.93. The zero-order chi connectivity index (χ0) is 12.6. The minimum absolute atomic E-state index is 0.0470. The van der Waals surface area contributed by atoms with E-state index in [0.717, 1.165) is 24.4 Å². The van der Waals surface area contributed by atoms with Crippen LogP contribution in [0.2, 0.25) is 0 Å². The lowest BCUT2D eigenvalue weighted by atomic mass is 9.82. The summed E-state index contributed by atoms with van der Waals surface area (Å²) in [5.74, 6) is 0.876. The third-order valence-electron chi connectivity index (χ3n) is 3.07. The van der Waals surface area contributed by atoms with Crippen LogP contribution < -0.4 is 11.1 Å². The Balaban J connectivity index is 2.24. The summed E-state index contributed by atoms with van der Waals surface area (Å²) in [5, 5.41) is 3.83. The SMILES string of the molecule is CCS(=O)(=O)c1c(N)nsc1NC1CC(C)C1. The van der Waals surface area contributed by atoms with Crippen LogP contribution in [0.1, 0.15) is 26.7 Å². The normalized spacial score (nSPS) is 24.4. The maximum absolute atomic E-state index is 11.9. The molecule has 1 aliphatic rings. The Labute approximate surface area is 105 Å². The topological polar surface area (TPSA) is 85.1 Å². The molecule has 0 amide bonds. The number of hydrogen-bond acceptors (Lipinski definition) is 6. The molecule has 1 heterocycles. The van der Waals surface area contributed by atoms with Crippen molar-refractivity contribution < 1.29 is 8.42 Å². The van der Waals surface area contributed by atoms with Crippen molar-refractivity contribution >= 4 is 32.2 Å². The molecule has 96 valence electrons. The molecule has 1 fully saturated rings. The summed E-state index contributed by atoms with van der Waals surface area (Å²) in [6, 6.07) is 0.357. The zero-order valence-corrected chi connectivity index (χ0v) is 11.6. The first-order valence-corrected chi connectivity index (χ1v) is 8.11. The highest BCUT2D eigenvalue weighted by molar-refractivity contribution is 7.91. The largest absolute Gasteiger partial charge is 0.382 e. The van der Waals surface area contributed by atoms with E-state index in [1.165, 1.54) is 0 Å². The molecule has 5 nitrogen and oxygen atoms in total. The number of anilines is 2. The summed E-state index contributed by atoms with van der Waals surface area (Å²) < 4.78 is 27.7. The second-order valence-corrected chi connectivity index (χ2v) is 7.54. The predicted octanol–water partition coefficient (Wildman–Crippen LogP) is 1.73. The van der Waals surface area contributed by atoms with Crippen molar-refractivity contribution in [2.24, 2.45) is 5.92 Å². The Bertz CT molecular complexity index is 504. The smallest absolute Gasteiger partial charge is 0.184 e. The van der Waals surface area contributed by atoms with Crippen LogP contribution in [0.25, 0.3) is 0 Å². The van der Waals surface area contributed by atoms with E-state index in [4.69, 9.17) is 5.73 Å². The van der Waals surface area contributed by atoms with Gasteiger partial charge in [0.25, 0.3) is 0 Å². The number of aromatic nitrogens is 1. The molecule has 1 saturated carbocycles. The molecule has 0 aliphatic heterocycles. The highest BCUT2D eigenvalue weighted by atomic mass is 32.2. The van der Waals surface area contributed by atoms with Gasteiger partial charge in [0.05, 0.1) is 5.75 Å². The molecular formula is C10H17N3O2S2. The van der Waals surface area contributed by atoms with Gasteiger partial charge in [0, 0.05) is 6.04 Å². The first kappa shape index (κ1) is 12.6. The molecule has 0 radical (unpaired) electrons. The molecule has 0 saturated heterocycles. The summed E-state index contributed by atoms with van der Waals surface area (Å²) in [5.41, 5.74) is 5.65. The van der Waals surface area contributed by atoms with Crippen LogP contribution in [0.4, 0.5) is 10.8 Å². The van der Waals surface area contributed by atoms with Gasteiger partial charge in [0.2, 0.25) is 0 Å². The van der Waals surface area contributed by atoms with Gasteiger partial charge in [-0.15, -0.1) is 0 Å². The van der Waals surface area contributed by atoms with Crippen molar-refractivity contribution in [2.75, 3.05) is 16.8 Å². The van der Waals surface area contributed by atoms with E-state index in [9.17, 15) is 8.42 Å². The maximum Gasteiger partial charge on any atom is 0.184 e. The standard InChI is InChI=1S/C10H17N3O2S2/c1-3-17(14,15)8-9(11)13-16-10(8)12-7-4-6(2)5-7/h6-7,12H,3-5H2,1-2H3,(H2,11,13). The lowest BCUT2D eigenvalue weighted by Gasteiger charge is -2.33. The Hall–Kier alpha value is -0.820. The average Bonchev–Trinajstić information content (AvgIpc) is 2.58. The monoisotopic (exact) mass is 275 g/mol. The molecule has 17 heavy (non-hydrogen) atoms. The Kier molecular flexibility index (Phi) is 3.31. The van der Waals surface area contributed by atoms with Crippen LogP contribution in [0.5, 0.6) is 0 Å². The molecule has 3 N–H and O–H groups in total. The van der Waals surface area contributed by atoms with Crippen molar-refractivity contribution in [1.29, 1.82) is 0 Å². The second-order valence-electron chi connectivity index (χ2n) is 4.55. The molecule has 0 aromatic carbocycles. The fourth-order valence-electron chi connectivity index (χ4n) is 2.04. The summed E-state index contributed by atoms with van der Waals surface area (Å²) in [6.45, 7) is 3.80. The molecule has 0 unspecified atom stereocenters. The van der Waals surface area contributed by atoms with Crippen LogP contribution in [-0.4, -0.2) is 24.6 Å². The molecule has 1 aromatic heterocycles. The van der Waals surface area contributed by atoms with Crippen molar-refractivity contribution in [2.45, 2.75) is 37.6 Å². The third-order valence-corrected chi connectivity index (χ3v) is 5.79. The molecule has 1 aromatic rings. The van der Waals surface area contributed by atoms with Crippen molar-refractivity contribution in [3.63, 3.8) is 0 Å². The summed E-state index contributed by atoms with van der Waals surface area (Å²) in [4.78, 5) is 0.185. The molecule has 1 aliphatic carbocycles. The summed E-state index contributed by atoms with van der Waals surface area (Å²) in [7, 11) is -3.30. The third kappa shape index (κ3) is 2.40. The number of nitrogens with zero attached hydrogens (tertiary/aromatic N) is 1. The molecular weight excluding hydrogens is 258 g/mol. The van der Waals surface area contributed by atoms with Crippen LogP contribution in [0.3, 0.4) is 0 Å². The first-order valence-electron chi connectivity index (χ1n) is 5.68. The first-order chi connectivity index (χ1) is 7.94. The number of nitrogens with two attached hydrogens (primary N) is 1. The van der Waals surface area contributed by atoms with Gasteiger partial charge in [0.15, 0.2) is 15.7 Å². The molecule has 0 bridgehead atoms. The van der Waals surface area contributed by atoms with Crippen molar-refractivity contribution in [3.8, 4) is 0 Å². The van der Waals surface area contributed by atoms with Crippen molar-refractivity contribution in [3.05, 3.63) is 0 Å². The fourth-order valence-corrected chi connectivity index (χ4v) is 4.27. The van der Waals surface area contributed by atoms with Crippen LogP contribution in [0, 0.1) is 5.92 Å². The van der Waals surface area contributed by atoms with Gasteiger partial charge in [-0.2, -0.15) is 4.37 Å². The van der Waals surface area contributed by atoms with Gasteiger partial charge in [-0.3, -0.25) is 0 Å². The summed E-state index contributed by atoms with van der Waals surface area (Å²) in [6.07, 6.45) is 2.15. The van der Waals surface area contributed by atoms with E-state index in [1.807, 2.05) is 0 Å². The van der Waals surface area contributed by atoms with Gasteiger partial charge in [0.1, 0.15) is 9.90 Å². The van der Waals surface area contributed by atoms with Crippen LogP contribution in [-0.2, 0) is 9.84 Å². The van der Waals surface area contributed by atoms with E-state index in [1.54, 1.807) is 6.92 Å². The van der Waals surface area contributed by atoms with E-state index in [2.05, 4.69) is 16.6 Å². The molecule has 2 rings (SSSR count). The molecule has 0 atom stereocenters. The van der Waals surface area contributed by atoms with Crippen LogP contribution >= 0.6 is 11.5 Å². The van der Waals surface area contributed by atoms with Gasteiger partial charge in [-0.1, -0.05) is 13.8 Å². The van der Waals surface area contributed by atoms with E-state index < -0.39 is 9.84 Å². The van der Waals surface area contributed by atoms with E-state index >= 15 is 0 Å². The lowest BCUT2D eigenvalue weighted by molar-refractivity contribution is 0.309.